The average molecular weight is 453 g/mol. The summed E-state index contributed by atoms with van der Waals surface area (Å²) in [5.41, 5.74) is 5.78. The van der Waals surface area contributed by atoms with Crippen molar-refractivity contribution in [3.05, 3.63) is 70.6 Å². The monoisotopic (exact) mass is 452 g/mol. The average Bonchev–Trinajstić information content (AvgIpc) is 3.39. The van der Waals surface area contributed by atoms with Gasteiger partial charge in [0.05, 0.1) is 6.42 Å². The van der Waals surface area contributed by atoms with Crippen LogP contribution in [0.4, 0.5) is 5.69 Å². The highest BCUT2D eigenvalue weighted by atomic mass is 32.2. The van der Waals surface area contributed by atoms with E-state index in [0.717, 1.165) is 36.2 Å². The van der Waals surface area contributed by atoms with Gasteiger partial charge >= 0.3 is 0 Å². The van der Waals surface area contributed by atoms with Crippen molar-refractivity contribution in [2.24, 2.45) is 0 Å². The fraction of sp³-hybridized carbons (Fsp3) is 0.292. The topological polar surface area (TPSA) is 66.5 Å². The molecule has 160 valence electrons. The van der Waals surface area contributed by atoms with E-state index in [1.807, 2.05) is 24.3 Å². The smallest absolute Gasteiger partial charge is 0.252 e. The van der Waals surface area contributed by atoms with Gasteiger partial charge in [-0.2, -0.15) is 4.31 Å². The van der Waals surface area contributed by atoms with Crippen LogP contribution in [0.1, 0.15) is 35.3 Å². The summed E-state index contributed by atoms with van der Waals surface area (Å²) in [6.07, 6.45) is 3.93. The Kier molecular flexibility index (Phi) is 5.42. The Morgan fingerprint density at radius 1 is 0.935 bits per heavy atom. The standard InChI is InChI=1S/C24H24N2O3S2/c27-23(16-20-9-11-24(30-20)31(28,29)26-12-4-1-5-13-26)25-19-8-10-22-18(15-19)14-17-6-2-3-7-21(17)22/h2-3,6-11,15H,1,4-5,12-14,16H2,(H,25,27). The third kappa shape index (κ3) is 4.05. The molecule has 2 aliphatic rings. The van der Waals surface area contributed by atoms with Gasteiger partial charge in [-0.25, -0.2) is 8.42 Å². The predicted molar refractivity (Wildman–Crippen MR) is 124 cm³/mol. The van der Waals surface area contributed by atoms with Crippen LogP contribution in [0.25, 0.3) is 11.1 Å². The highest BCUT2D eigenvalue weighted by Crippen LogP contribution is 2.37. The van der Waals surface area contributed by atoms with Crippen LogP contribution < -0.4 is 5.32 Å². The molecule has 1 aromatic heterocycles. The lowest BCUT2D eigenvalue weighted by Gasteiger charge is -2.25. The quantitative estimate of drug-likeness (QED) is 0.478. The normalized spacial score (nSPS) is 16.0. The van der Waals surface area contributed by atoms with E-state index in [9.17, 15) is 13.2 Å². The molecule has 3 aromatic rings. The lowest BCUT2D eigenvalue weighted by atomic mass is 10.1. The zero-order chi connectivity index (χ0) is 21.4. The third-order valence-corrected chi connectivity index (χ3v) is 9.41. The van der Waals surface area contributed by atoms with E-state index < -0.39 is 10.0 Å². The summed E-state index contributed by atoms with van der Waals surface area (Å²) >= 11 is 1.19. The largest absolute Gasteiger partial charge is 0.326 e. The Morgan fingerprint density at radius 3 is 2.55 bits per heavy atom. The molecule has 0 spiro atoms. The first kappa shape index (κ1) is 20.4. The molecule has 1 amide bonds. The van der Waals surface area contributed by atoms with Crippen molar-refractivity contribution in [3.63, 3.8) is 0 Å². The van der Waals surface area contributed by atoms with Crippen molar-refractivity contribution in [2.75, 3.05) is 18.4 Å². The number of fused-ring (bicyclic) bond motifs is 3. The number of nitrogens with one attached hydrogen (secondary N) is 1. The molecule has 7 heteroatoms. The van der Waals surface area contributed by atoms with Gasteiger partial charge in [0.25, 0.3) is 10.0 Å². The van der Waals surface area contributed by atoms with Gasteiger partial charge in [-0.3, -0.25) is 4.79 Å². The number of piperidine rings is 1. The molecule has 1 saturated heterocycles. The SMILES string of the molecule is O=C(Cc1ccc(S(=O)(=O)N2CCCCC2)s1)Nc1ccc2c(c1)Cc1ccccc1-2. The van der Waals surface area contributed by atoms with Crippen LogP contribution in [-0.4, -0.2) is 31.7 Å². The van der Waals surface area contributed by atoms with E-state index in [1.54, 1.807) is 16.4 Å². The van der Waals surface area contributed by atoms with Crippen LogP contribution >= 0.6 is 11.3 Å². The van der Waals surface area contributed by atoms with Gasteiger partial charge in [-0.05, 0) is 65.8 Å². The van der Waals surface area contributed by atoms with Crippen LogP contribution in [0.5, 0.6) is 0 Å². The Labute approximate surface area is 186 Å². The summed E-state index contributed by atoms with van der Waals surface area (Å²) in [5.74, 6) is -0.140. The minimum absolute atomic E-state index is 0.140. The predicted octanol–water partition coefficient (Wildman–Crippen LogP) is 4.68. The summed E-state index contributed by atoms with van der Waals surface area (Å²) in [6, 6.07) is 17.8. The van der Waals surface area contributed by atoms with Crippen molar-refractivity contribution in [1.29, 1.82) is 0 Å². The van der Waals surface area contributed by atoms with Crippen LogP contribution in [0.3, 0.4) is 0 Å². The number of amides is 1. The summed E-state index contributed by atoms with van der Waals surface area (Å²) in [4.78, 5) is 13.3. The molecule has 1 N–H and O–H groups in total. The molecule has 0 unspecified atom stereocenters. The molecule has 0 radical (unpaired) electrons. The number of hydrogen-bond acceptors (Lipinski definition) is 4. The van der Waals surface area contributed by atoms with E-state index in [0.29, 0.717) is 17.3 Å². The highest BCUT2D eigenvalue weighted by Gasteiger charge is 2.27. The molecule has 5 nitrogen and oxygen atoms in total. The first-order chi connectivity index (χ1) is 15.0. The van der Waals surface area contributed by atoms with Crippen molar-refractivity contribution in [3.8, 4) is 11.1 Å². The zero-order valence-electron chi connectivity index (χ0n) is 17.1. The Morgan fingerprint density at radius 2 is 1.71 bits per heavy atom. The van der Waals surface area contributed by atoms with Crippen LogP contribution in [0.15, 0.2) is 58.8 Å². The zero-order valence-corrected chi connectivity index (χ0v) is 18.8. The van der Waals surface area contributed by atoms with Crippen molar-refractivity contribution < 1.29 is 13.2 Å². The second kappa shape index (κ2) is 8.22. The lowest BCUT2D eigenvalue weighted by Crippen LogP contribution is -2.35. The number of carbonyl (C=O) groups excluding carboxylic acids is 1. The van der Waals surface area contributed by atoms with E-state index in [-0.39, 0.29) is 12.3 Å². The number of thiophene rings is 1. The highest BCUT2D eigenvalue weighted by molar-refractivity contribution is 7.91. The number of anilines is 1. The number of rotatable bonds is 5. The molecular weight excluding hydrogens is 428 g/mol. The maximum Gasteiger partial charge on any atom is 0.252 e. The number of carbonyl (C=O) groups is 1. The number of hydrogen-bond donors (Lipinski definition) is 1. The molecular formula is C24H24N2O3S2. The molecule has 0 saturated carbocycles. The lowest BCUT2D eigenvalue weighted by molar-refractivity contribution is -0.115. The van der Waals surface area contributed by atoms with E-state index >= 15 is 0 Å². The first-order valence-electron chi connectivity index (χ1n) is 10.6. The second-order valence-electron chi connectivity index (χ2n) is 8.12. The molecule has 0 bridgehead atoms. The molecule has 31 heavy (non-hydrogen) atoms. The third-order valence-electron chi connectivity index (χ3n) is 5.96. The molecule has 2 aromatic carbocycles. The van der Waals surface area contributed by atoms with Crippen LogP contribution in [0.2, 0.25) is 0 Å². The van der Waals surface area contributed by atoms with Crippen molar-refractivity contribution >= 4 is 33.0 Å². The second-order valence-corrected chi connectivity index (χ2v) is 11.4. The van der Waals surface area contributed by atoms with Gasteiger partial charge in [0, 0.05) is 23.7 Å². The maximum absolute atomic E-state index is 12.8. The molecule has 1 aliphatic carbocycles. The fourth-order valence-electron chi connectivity index (χ4n) is 4.41. The summed E-state index contributed by atoms with van der Waals surface area (Å²) in [6.45, 7) is 1.16. The Hall–Kier alpha value is -2.48. The van der Waals surface area contributed by atoms with Gasteiger partial charge in [0.2, 0.25) is 5.91 Å². The van der Waals surface area contributed by atoms with Gasteiger partial charge in [0.15, 0.2) is 0 Å². The van der Waals surface area contributed by atoms with E-state index in [4.69, 9.17) is 0 Å². The summed E-state index contributed by atoms with van der Waals surface area (Å²) < 4.78 is 27.5. The summed E-state index contributed by atoms with van der Waals surface area (Å²) in [5, 5.41) is 2.97. The number of sulfonamides is 1. The molecule has 2 heterocycles. The molecule has 1 fully saturated rings. The van der Waals surface area contributed by atoms with Gasteiger partial charge in [-0.1, -0.05) is 36.8 Å². The first-order valence-corrected chi connectivity index (χ1v) is 12.9. The Bertz CT molecular complexity index is 1240. The minimum Gasteiger partial charge on any atom is -0.326 e. The summed E-state index contributed by atoms with van der Waals surface area (Å²) in [7, 11) is -3.45. The molecule has 0 atom stereocenters. The van der Waals surface area contributed by atoms with Crippen molar-refractivity contribution in [2.45, 2.75) is 36.3 Å². The fourth-order valence-corrected chi connectivity index (χ4v) is 7.44. The Balaban J connectivity index is 1.25. The molecule has 1 aliphatic heterocycles. The van der Waals surface area contributed by atoms with Crippen molar-refractivity contribution in [1.82, 2.24) is 4.31 Å². The van der Waals surface area contributed by atoms with Crippen LogP contribution in [-0.2, 0) is 27.7 Å². The van der Waals surface area contributed by atoms with Gasteiger partial charge < -0.3 is 5.32 Å². The van der Waals surface area contributed by atoms with E-state index in [1.165, 1.54) is 33.6 Å². The van der Waals surface area contributed by atoms with E-state index in [2.05, 4.69) is 23.5 Å². The number of benzene rings is 2. The molecule has 5 rings (SSSR count). The van der Waals surface area contributed by atoms with Gasteiger partial charge in [0.1, 0.15) is 4.21 Å². The maximum atomic E-state index is 12.8. The van der Waals surface area contributed by atoms with Crippen LogP contribution in [0, 0.1) is 0 Å². The van der Waals surface area contributed by atoms with Gasteiger partial charge in [-0.15, -0.1) is 11.3 Å². The number of nitrogens with zero attached hydrogens (tertiary/aromatic N) is 1. The minimum atomic E-state index is -3.45.